The van der Waals surface area contributed by atoms with Crippen LogP contribution in [0.1, 0.15) is 10.4 Å². The molecule has 1 aromatic rings. The molecule has 0 radical (unpaired) electrons. The van der Waals surface area contributed by atoms with Crippen LogP contribution in [-0.2, 0) is 14.8 Å². The van der Waals surface area contributed by atoms with Crippen LogP contribution in [0.25, 0.3) is 0 Å². The van der Waals surface area contributed by atoms with Crippen LogP contribution < -0.4 is 0 Å². The zero-order valence-corrected chi connectivity index (χ0v) is 8.05. The first-order chi connectivity index (χ1) is 6.46. The summed E-state index contributed by atoms with van der Waals surface area (Å²) in [5.74, 6) is -1.31. The van der Waals surface area contributed by atoms with Crippen molar-refractivity contribution < 1.29 is 22.7 Å². The smallest absolute Gasteiger partial charge is 0.249 e. The minimum atomic E-state index is -3.56. The van der Waals surface area contributed by atoms with Crippen LogP contribution in [0.5, 0.6) is 0 Å². The fourth-order valence-electron chi connectivity index (χ4n) is 1.00. The quantitative estimate of drug-likeness (QED) is 0.746. The summed E-state index contributed by atoms with van der Waals surface area (Å²) >= 11 is 0. The average Bonchev–Trinajstić information content (AvgIpc) is 2.15. The maximum Gasteiger partial charge on any atom is 0.380 e. The average molecular weight is 218 g/mol. The second kappa shape index (κ2) is 3.75. The van der Waals surface area contributed by atoms with Crippen molar-refractivity contribution in [3.8, 4) is 0 Å². The van der Waals surface area contributed by atoms with Crippen molar-refractivity contribution in [2.75, 3.05) is 6.26 Å². The van der Waals surface area contributed by atoms with Gasteiger partial charge in [0, 0.05) is 10.8 Å². The Labute approximate surface area is 80.1 Å². The van der Waals surface area contributed by atoms with Crippen molar-refractivity contribution in [1.82, 2.24) is 0 Å². The van der Waals surface area contributed by atoms with E-state index < -0.39 is 15.8 Å². The van der Waals surface area contributed by atoms with E-state index >= 15 is 0 Å². The molecule has 0 aliphatic heterocycles. The predicted octanol–water partition coefficient (Wildman–Crippen LogP) is 1.13. The lowest BCUT2D eigenvalue weighted by Gasteiger charge is -2.02. The molecule has 0 spiro atoms. The molecule has 1 rings (SSSR count). The van der Waals surface area contributed by atoms with Crippen LogP contribution in [0, 0.1) is 0 Å². The molecule has 0 N–H and O–H groups in total. The van der Waals surface area contributed by atoms with Gasteiger partial charge in [0.05, 0.1) is 10.5 Å². The summed E-state index contributed by atoms with van der Waals surface area (Å²) in [6.45, 7) is 0. The van der Waals surface area contributed by atoms with Gasteiger partial charge in [-0.25, -0.2) is 18.2 Å². The summed E-state index contributed by atoms with van der Waals surface area (Å²) in [5, 5.41) is 0. The van der Waals surface area contributed by atoms with Crippen LogP contribution in [0.2, 0.25) is 0 Å². The molecule has 0 amide bonds. The standard InChI is InChI=1S/C8H7FO4S/c1-14(11,12)7-5-3-2-4-6(7)8(10)13-9/h2-5H,1H3. The minimum Gasteiger partial charge on any atom is -0.249 e. The second-order valence-corrected chi connectivity index (χ2v) is 4.62. The van der Waals surface area contributed by atoms with E-state index in [0.717, 1.165) is 6.26 Å². The van der Waals surface area contributed by atoms with E-state index in [0.29, 0.717) is 0 Å². The summed E-state index contributed by atoms with van der Waals surface area (Å²) < 4.78 is 33.9. The van der Waals surface area contributed by atoms with Crippen molar-refractivity contribution in [2.24, 2.45) is 0 Å². The number of sulfone groups is 1. The maximum absolute atomic E-state index is 11.6. The second-order valence-electron chi connectivity index (χ2n) is 2.63. The van der Waals surface area contributed by atoms with Gasteiger partial charge in [-0.05, 0) is 12.1 Å². The molecular weight excluding hydrogens is 211 g/mol. The highest BCUT2D eigenvalue weighted by Gasteiger charge is 2.19. The van der Waals surface area contributed by atoms with Crippen LogP contribution in [0.3, 0.4) is 0 Å². The molecule has 4 nitrogen and oxygen atoms in total. The minimum absolute atomic E-state index is 0.248. The summed E-state index contributed by atoms with van der Waals surface area (Å²) in [4.78, 5) is 13.5. The van der Waals surface area contributed by atoms with Crippen LogP contribution in [0.4, 0.5) is 4.53 Å². The number of rotatable bonds is 2. The highest BCUT2D eigenvalue weighted by atomic mass is 32.2. The predicted molar refractivity (Wildman–Crippen MR) is 46.1 cm³/mol. The summed E-state index contributed by atoms with van der Waals surface area (Å²) in [7, 11) is -3.56. The molecular formula is C8H7FO4S. The number of hydrogen-bond donors (Lipinski definition) is 0. The molecule has 0 aliphatic carbocycles. The van der Waals surface area contributed by atoms with E-state index in [2.05, 4.69) is 4.94 Å². The van der Waals surface area contributed by atoms with Gasteiger partial charge in [-0.2, -0.15) is 0 Å². The van der Waals surface area contributed by atoms with Gasteiger partial charge in [-0.1, -0.05) is 12.1 Å². The van der Waals surface area contributed by atoms with Crippen LogP contribution in [0.15, 0.2) is 29.2 Å². The summed E-state index contributed by atoms with van der Waals surface area (Å²) in [6, 6.07) is 5.24. The highest BCUT2D eigenvalue weighted by Crippen LogP contribution is 2.16. The maximum atomic E-state index is 11.6. The van der Waals surface area contributed by atoms with Gasteiger partial charge in [0.25, 0.3) is 0 Å². The molecule has 14 heavy (non-hydrogen) atoms. The van der Waals surface area contributed by atoms with Gasteiger partial charge >= 0.3 is 5.97 Å². The van der Waals surface area contributed by atoms with E-state index in [1.165, 1.54) is 24.3 Å². The Morgan fingerprint density at radius 3 is 2.43 bits per heavy atom. The van der Waals surface area contributed by atoms with Crippen molar-refractivity contribution in [3.05, 3.63) is 29.8 Å². The Morgan fingerprint density at radius 2 is 1.93 bits per heavy atom. The lowest BCUT2D eigenvalue weighted by atomic mass is 10.2. The lowest BCUT2D eigenvalue weighted by molar-refractivity contribution is -0.0791. The SMILES string of the molecule is CS(=O)(=O)c1ccccc1C(=O)OF. The Balaban J connectivity index is 3.38. The highest BCUT2D eigenvalue weighted by molar-refractivity contribution is 7.90. The fraction of sp³-hybridized carbons (Fsp3) is 0.125. The molecule has 0 aromatic heterocycles. The summed E-state index contributed by atoms with van der Waals surface area (Å²) in [6.07, 6.45) is 0.928. The number of hydrogen-bond acceptors (Lipinski definition) is 4. The van der Waals surface area contributed by atoms with Gasteiger partial charge in [0.2, 0.25) is 0 Å². The van der Waals surface area contributed by atoms with Gasteiger partial charge in [0.1, 0.15) is 0 Å². The van der Waals surface area contributed by atoms with Gasteiger partial charge in [0.15, 0.2) is 9.84 Å². The zero-order valence-electron chi connectivity index (χ0n) is 7.23. The molecule has 0 unspecified atom stereocenters. The van der Waals surface area contributed by atoms with Crippen molar-refractivity contribution in [3.63, 3.8) is 0 Å². The molecule has 0 bridgehead atoms. The Morgan fingerprint density at radius 1 is 1.36 bits per heavy atom. The van der Waals surface area contributed by atoms with Gasteiger partial charge in [-0.15, -0.1) is 0 Å². The molecule has 0 heterocycles. The fourth-order valence-corrected chi connectivity index (χ4v) is 1.88. The molecule has 1 aromatic carbocycles. The molecule has 76 valence electrons. The number of carbonyl (C=O) groups excluding carboxylic acids is 1. The van der Waals surface area contributed by atoms with Crippen molar-refractivity contribution in [2.45, 2.75) is 4.90 Å². The molecule has 0 aliphatic rings. The molecule has 0 atom stereocenters. The van der Waals surface area contributed by atoms with Crippen LogP contribution in [-0.4, -0.2) is 20.6 Å². The Hall–Kier alpha value is -1.43. The van der Waals surface area contributed by atoms with E-state index in [1.807, 2.05) is 0 Å². The Kier molecular flexibility index (Phi) is 2.85. The first kappa shape index (κ1) is 10.6. The largest absolute Gasteiger partial charge is 0.380 e. The van der Waals surface area contributed by atoms with E-state index in [1.54, 1.807) is 0 Å². The molecule has 0 fully saturated rings. The normalized spacial score (nSPS) is 11.0. The van der Waals surface area contributed by atoms with Crippen LogP contribution >= 0.6 is 0 Å². The van der Waals surface area contributed by atoms with Gasteiger partial charge < -0.3 is 0 Å². The van der Waals surface area contributed by atoms with E-state index in [4.69, 9.17) is 0 Å². The third-order valence-corrected chi connectivity index (χ3v) is 2.73. The van der Waals surface area contributed by atoms with Crippen molar-refractivity contribution in [1.29, 1.82) is 0 Å². The molecule has 0 saturated heterocycles. The third-order valence-electron chi connectivity index (χ3n) is 1.58. The number of carbonyl (C=O) groups is 1. The van der Waals surface area contributed by atoms with Crippen molar-refractivity contribution >= 4 is 15.8 Å². The van der Waals surface area contributed by atoms with Gasteiger partial charge in [-0.3, -0.25) is 0 Å². The van der Waals surface area contributed by atoms with E-state index in [-0.39, 0.29) is 10.5 Å². The first-order valence-electron chi connectivity index (χ1n) is 3.59. The first-order valence-corrected chi connectivity index (χ1v) is 5.48. The number of benzene rings is 1. The Bertz CT molecular complexity index is 452. The summed E-state index contributed by atoms with van der Waals surface area (Å²) in [5.41, 5.74) is -0.308. The topological polar surface area (TPSA) is 60.4 Å². The molecule has 0 saturated carbocycles. The number of halogens is 1. The monoisotopic (exact) mass is 218 g/mol. The molecule has 6 heteroatoms. The third kappa shape index (κ3) is 2.08. The van der Waals surface area contributed by atoms with E-state index in [9.17, 15) is 17.7 Å². The zero-order chi connectivity index (χ0) is 10.8. The lowest BCUT2D eigenvalue weighted by Crippen LogP contribution is -2.08.